The van der Waals surface area contributed by atoms with Crippen LogP contribution < -0.4 is 4.90 Å². The second kappa shape index (κ2) is 6.14. The van der Waals surface area contributed by atoms with E-state index in [1.54, 1.807) is 0 Å². The van der Waals surface area contributed by atoms with Gasteiger partial charge in [0.15, 0.2) is 0 Å². The third-order valence-electron chi connectivity index (χ3n) is 5.88. The van der Waals surface area contributed by atoms with Gasteiger partial charge in [0.2, 0.25) is 0 Å². The molecule has 1 aromatic carbocycles. The van der Waals surface area contributed by atoms with Crippen molar-refractivity contribution >= 4 is 5.69 Å². The van der Waals surface area contributed by atoms with E-state index in [2.05, 4.69) is 28.0 Å². The quantitative estimate of drug-likeness (QED) is 0.842. The molecule has 1 aromatic rings. The average molecular weight is 311 g/mol. The normalized spacial score (nSPS) is 27.4. The lowest BCUT2D eigenvalue weighted by atomic mass is 9.87. The highest BCUT2D eigenvalue weighted by atomic mass is 16.5. The van der Waals surface area contributed by atoms with Gasteiger partial charge in [-0.05, 0) is 69.5 Å². The number of nitrogens with zero attached hydrogens (tertiary/aromatic N) is 3. The first kappa shape index (κ1) is 15.0. The van der Waals surface area contributed by atoms with Crippen LogP contribution in [0.1, 0.15) is 37.7 Å². The molecule has 0 N–H and O–H groups in total. The summed E-state index contributed by atoms with van der Waals surface area (Å²) in [5, 5.41) is 8.91. The van der Waals surface area contributed by atoms with E-state index < -0.39 is 0 Å². The lowest BCUT2D eigenvalue weighted by Gasteiger charge is -2.40. The molecule has 0 radical (unpaired) electrons. The molecule has 122 valence electrons. The van der Waals surface area contributed by atoms with Crippen LogP contribution in [0, 0.1) is 11.3 Å². The molecule has 23 heavy (non-hydrogen) atoms. The lowest BCUT2D eigenvalue weighted by Crippen LogP contribution is -2.45. The number of likely N-dealkylation sites (tertiary alicyclic amines) is 1. The number of hydrogen-bond donors (Lipinski definition) is 0. The zero-order valence-corrected chi connectivity index (χ0v) is 13.7. The van der Waals surface area contributed by atoms with E-state index in [-0.39, 0.29) is 5.60 Å². The van der Waals surface area contributed by atoms with Crippen LogP contribution in [0.4, 0.5) is 5.69 Å². The zero-order valence-electron chi connectivity index (χ0n) is 13.7. The number of nitriles is 1. The molecule has 1 unspecified atom stereocenters. The van der Waals surface area contributed by atoms with Crippen molar-refractivity contribution in [2.45, 2.75) is 43.7 Å². The van der Waals surface area contributed by atoms with Gasteiger partial charge in [-0.1, -0.05) is 0 Å². The molecule has 4 nitrogen and oxygen atoms in total. The lowest BCUT2D eigenvalue weighted by molar-refractivity contribution is -0.0157. The number of piperidine rings is 1. The first-order valence-electron chi connectivity index (χ1n) is 8.91. The van der Waals surface area contributed by atoms with Crippen LogP contribution in [-0.2, 0) is 4.74 Å². The number of benzene rings is 1. The number of hydrogen-bond acceptors (Lipinski definition) is 4. The number of anilines is 1. The smallest absolute Gasteiger partial charge is 0.0991 e. The Balaban J connectivity index is 1.36. The molecule has 3 fully saturated rings. The topological polar surface area (TPSA) is 39.5 Å². The van der Waals surface area contributed by atoms with E-state index in [4.69, 9.17) is 10.00 Å². The minimum Gasteiger partial charge on any atom is -0.373 e. The second-order valence-electron chi connectivity index (χ2n) is 7.24. The van der Waals surface area contributed by atoms with Crippen LogP contribution in [0.25, 0.3) is 0 Å². The van der Waals surface area contributed by atoms with E-state index in [1.165, 1.54) is 38.0 Å². The average Bonchev–Trinajstić information content (AvgIpc) is 3.26. The van der Waals surface area contributed by atoms with Gasteiger partial charge in [-0.25, -0.2) is 0 Å². The fourth-order valence-electron chi connectivity index (χ4n) is 4.43. The van der Waals surface area contributed by atoms with Gasteiger partial charge in [-0.2, -0.15) is 5.26 Å². The molecule has 0 saturated carbocycles. The van der Waals surface area contributed by atoms with Crippen molar-refractivity contribution in [3.8, 4) is 6.07 Å². The molecule has 3 saturated heterocycles. The summed E-state index contributed by atoms with van der Waals surface area (Å²) in [7, 11) is 0. The van der Waals surface area contributed by atoms with Crippen molar-refractivity contribution in [3.05, 3.63) is 29.8 Å². The third kappa shape index (κ3) is 2.96. The Morgan fingerprint density at radius 1 is 1.04 bits per heavy atom. The number of ether oxygens (including phenoxy) is 1. The second-order valence-corrected chi connectivity index (χ2v) is 7.24. The summed E-state index contributed by atoms with van der Waals surface area (Å²) in [5.74, 6) is 0. The molecule has 0 aromatic heterocycles. The molecule has 1 spiro atoms. The third-order valence-corrected chi connectivity index (χ3v) is 5.88. The SMILES string of the molecule is N#Cc1ccc(N2CCC3(CC2)CC(N2CCCC2)CO3)cc1. The van der Waals surface area contributed by atoms with Crippen LogP contribution in [0.2, 0.25) is 0 Å². The summed E-state index contributed by atoms with van der Waals surface area (Å²) < 4.78 is 6.32. The van der Waals surface area contributed by atoms with Crippen molar-refractivity contribution < 1.29 is 4.74 Å². The molecule has 3 aliphatic heterocycles. The van der Waals surface area contributed by atoms with Gasteiger partial charge in [-0.3, -0.25) is 4.90 Å². The Hall–Kier alpha value is -1.57. The maximum absolute atomic E-state index is 8.91. The van der Waals surface area contributed by atoms with Gasteiger partial charge in [0.25, 0.3) is 0 Å². The molecule has 4 rings (SSSR count). The first-order chi connectivity index (χ1) is 11.3. The molecule has 0 aliphatic carbocycles. The fraction of sp³-hybridized carbons (Fsp3) is 0.632. The van der Waals surface area contributed by atoms with Crippen LogP contribution in [0.5, 0.6) is 0 Å². The van der Waals surface area contributed by atoms with Crippen molar-refractivity contribution in [1.82, 2.24) is 4.90 Å². The summed E-state index contributed by atoms with van der Waals surface area (Å²) in [6.45, 7) is 5.57. The summed E-state index contributed by atoms with van der Waals surface area (Å²) in [4.78, 5) is 5.07. The largest absolute Gasteiger partial charge is 0.373 e. The van der Waals surface area contributed by atoms with Crippen LogP contribution in [0.3, 0.4) is 0 Å². The van der Waals surface area contributed by atoms with Crippen LogP contribution in [0.15, 0.2) is 24.3 Å². The standard InChI is InChI=1S/C19H25N3O/c20-14-16-3-5-17(6-4-16)22-11-7-19(8-12-22)13-18(15-23-19)21-9-1-2-10-21/h3-6,18H,1-2,7-13,15H2. The van der Waals surface area contributed by atoms with Crippen molar-refractivity contribution in [2.75, 3.05) is 37.7 Å². The minimum atomic E-state index is 0.121. The zero-order chi connectivity index (χ0) is 15.7. The van der Waals surface area contributed by atoms with Crippen LogP contribution in [-0.4, -0.2) is 49.3 Å². The molecular weight excluding hydrogens is 286 g/mol. The Morgan fingerprint density at radius 3 is 2.39 bits per heavy atom. The Kier molecular flexibility index (Phi) is 4.00. The van der Waals surface area contributed by atoms with E-state index >= 15 is 0 Å². The molecule has 3 heterocycles. The maximum atomic E-state index is 8.91. The molecule has 1 atom stereocenters. The molecule has 0 amide bonds. The van der Waals surface area contributed by atoms with Gasteiger partial charge >= 0.3 is 0 Å². The maximum Gasteiger partial charge on any atom is 0.0991 e. The van der Waals surface area contributed by atoms with Crippen molar-refractivity contribution in [1.29, 1.82) is 5.26 Å². The predicted octanol–water partition coefficient (Wildman–Crippen LogP) is 2.78. The highest BCUT2D eigenvalue weighted by Crippen LogP contribution is 2.39. The molecule has 3 aliphatic rings. The highest BCUT2D eigenvalue weighted by molar-refractivity contribution is 5.50. The molecule has 4 heteroatoms. The van der Waals surface area contributed by atoms with Crippen LogP contribution >= 0.6 is 0 Å². The van der Waals surface area contributed by atoms with Gasteiger partial charge < -0.3 is 9.64 Å². The van der Waals surface area contributed by atoms with Gasteiger partial charge in [0.1, 0.15) is 0 Å². The molecular formula is C19H25N3O. The summed E-state index contributed by atoms with van der Waals surface area (Å²) in [6, 6.07) is 10.8. The van der Waals surface area contributed by atoms with E-state index in [1.807, 2.05) is 12.1 Å². The Bertz CT molecular complexity index is 578. The number of rotatable bonds is 2. The fourth-order valence-corrected chi connectivity index (χ4v) is 4.43. The van der Waals surface area contributed by atoms with E-state index in [0.717, 1.165) is 38.1 Å². The van der Waals surface area contributed by atoms with Gasteiger partial charge in [0, 0.05) is 24.8 Å². The Morgan fingerprint density at radius 2 is 1.74 bits per heavy atom. The summed E-state index contributed by atoms with van der Waals surface area (Å²) in [5.41, 5.74) is 2.08. The van der Waals surface area contributed by atoms with Gasteiger partial charge in [0.05, 0.1) is 23.8 Å². The van der Waals surface area contributed by atoms with E-state index in [9.17, 15) is 0 Å². The first-order valence-corrected chi connectivity index (χ1v) is 8.91. The van der Waals surface area contributed by atoms with Crippen molar-refractivity contribution in [3.63, 3.8) is 0 Å². The van der Waals surface area contributed by atoms with E-state index in [0.29, 0.717) is 6.04 Å². The highest BCUT2D eigenvalue weighted by Gasteiger charge is 2.44. The monoisotopic (exact) mass is 311 g/mol. The minimum absolute atomic E-state index is 0.121. The van der Waals surface area contributed by atoms with Crippen molar-refractivity contribution in [2.24, 2.45) is 0 Å². The molecule has 0 bridgehead atoms. The summed E-state index contributed by atoms with van der Waals surface area (Å²) >= 11 is 0. The Labute approximate surface area is 138 Å². The predicted molar refractivity (Wildman–Crippen MR) is 90.5 cm³/mol. The summed E-state index contributed by atoms with van der Waals surface area (Å²) in [6.07, 6.45) is 6.18. The van der Waals surface area contributed by atoms with Gasteiger partial charge in [-0.15, -0.1) is 0 Å².